The van der Waals surface area contributed by atoms with Gasteiger partial charge in [0.1, 0.15) is 0 Å². The predicted molar refractivity (Wildman–Crippen MR) is 64.3 cm³/mol. The molecule has 0 unspecified atom stereocenters. The van der Waals surface area contributed by atoms with Crippen LogP contribution in [0.25, 0.3) is 10.1 Å². The fourth-order valence-corrected chi connectivity index (χ4v) is 2.85. The molecule has 2 nitrogen and oxygen atoms in total. The van der Waals surface area contributed by atoms with Gasteiger partial charge in [0.2, 0.25) is 0 Å². The molecular formula is C9H6INOS. The van der Waals surface area contributed by atoms with Gasteiger partial charge in [0, 0.05) is 24.6 Å². The fraction of sp³-hybridized carbons (Fsp3) is 0. The van der Waals surface area contributed by atoms with E-state index < -0.39 is 0 Å². The van der Waals surface area contributed by atoms with Crippen molar-refractivity contribution in [3.05, 3.63) is 26.6 Å². The Morgan fingerprint density at radius 1 is 1.46 bits per heavy atom. The first-order valence-corrected chi connectivity index (χ1v) is 5.59. The van der Waals surface area contributed by atoms with Crippen molar-refractivity contribution in [3.8, 4) is 0 Å². The summed E-state index contributed by atoms with van der Waals surface area (Å²) in [5, 5.41) is 2.88. The molecule has 2 N–H and O–H groups in total. The van der Waals surface area contributed by atoms with Crippen LogP contribution in [0.1, 0.15) is 10.4 Å². The number of hydrogen-bond donors (Lipinski definition) is 1. The third-order valence-corrected chi connectivity index (χ3v) is 3.75. The molecule has 0 saturated carbocycles. The van der Waals surface area contributed by atoms with E-state index in [4.69, 9.17) is 5.73 Å². The molecule has 2 rings (SSSR count). The molecule has 1 aromatic heterocycles. The van der Waals surface area contributed by atoms with Crippen molar-refractivity contribution in [1.82, 2.24) is 0 Å². The lowest BCUT2D eigenvalue weighted by atomic mass is 10.2. The predicted octanol–water partition coefficient (Wildman–Crippen LogP) is 2.90. The van der Waals surface area contributed by atoms with Crippen molar-refractivity contribution in [3.63, 3.8) is 0 Å². The number of anilines is 1. The number of aldehydes is 1. The zero-order valence-electron chi connectivity index (χ0n) is 6.58. The Kier molecular flexibility index (Phi) is 2.25. The Labute approximate surface area is 92.9 Å². The monoisotopic (exact) mass is 303 g/mol. The number of rotatable bonds is 1. The highest BCUT2D eigenvalue weighted by molar-refractivity contribution is 14.1. The van der Waals surface area contributed by atoms with Gasteiger partial charge < -0.3 is 5.73 Å². The Balaban J connectivity index is 2.84. The topological polar surface area (TPSA) is 43.1 Å². The Hall–Kier alpha value is -0.620. The number of carbonyl (C=O) groups excluding carboxylic acids is 1. The summed E-state index contributed by atoms with van der Waals surface area (Å²) in [4.78, 5) is 10.7. The van der Waals surface area contributed by atoms with Gasteiger partial charge in [0.15, 0.2) is 6.29 Å². The number of carbonyl (C=O) groups is 1. The lowest BCUT2D eigenvalue weighted by Crippen LogP contribution is -1.86. The number of thiophene rings is 1. The third-order valence-electron chi connectivity index (χ3n) is 1.85. The van der Waals surface area contributed by atoms with Crippen molar-refractivity contribution >= 4 is 56.0 Å². The molecule has 1 aromatic carbocycles. The summed E-state index contributed by atoms with van der Waals surface area (Å²) >= 11 is 3.75. The van der Waals surface area contributed by atoms with Crippen LogP contribution >= 0.6 is 33.9 Å². The molecule has 2 aromatic rings. The minimum atomic E-state index is 0.707. The molecule has 1 heterocycles. The highest BCUT2D eigenvalue weighted by Gasteiger charge is 2.05. The molecule has 0 amide bonds. The second-order valence-corrected chi connectivity index (χ2v) is 4.75. The van der Waals surface area contributed by atoms with E-state index in [-0.39, 0.29) is 0 Å². The number of halogens is 1. The van der Waals surface area contributed by atoms with Crippen LogP contribution in [-0.4, -0.2) is 6.29 Å². The summed E-state index contributed by atoms with van der Waals surface area (Å²) in [5.74, 6) is 0. The molecule has 0 aliphatic heterocycles. The van der Waals surface area contributed by atoms with Gasteiger partial charge >= 0.3 is 0 Å². The van der Waals surface area contributed by atoms with E-state index >= 15 is 0 Å². The molecule has 0 aliphatic rings. The van der Waals surface area contributed by atoms with E-state index in [1.165, 1.54) is 0 Å². The average Bonchev–Trinajstić information content (AvgIpc) is 2.46. The number of nitrogens with two attached hydrogens (primary N) is 1. The molecule has 0 saturated heterocycles. The molecule has 66 valence electrons. The SMILES string of the molecule is Nc1csc2cc(I)c(C=O)cc12. The Bertz CT molecular complexity index is 478. The van der Waals surface area contributed by atoms with Crippen molar-refractivity contribution < 1.29 is 4.79 Å². The number of hydrogen-bond acceptors (Lipinski definition) is 3. The Morgan fingerprint density at radius 3 is 2.92 bits per heavy atom. The van der Waals surface area contributed by atoms with Crippen molar-refractivity contribution in [2.75, 3.05) is 5.73 Å². The maximum Gasteiger partial charge on any atom is 0.151 e. The van der Waals surface area contributed by atoms with Crippen molar-refractivity contribution in [2.45, 2.75) is 0 Å². The smallest absolute Gasteiger partial charge is 0.151 e. The van der Waals surface area contributed by atoms with E-state index in [1.807, 2.05) is 17.5 Å². The molecular weight excluding hydrogens is 297 g/mol. The highest BCUT2D eigenvalue weighted by atomic mass is 127. The summed E-state index contributed by atoms with van der Waals surface area (Å²) in [6.07, 6.45) is 0.859. The highest BCUT2D eigenvalue weighted by Crippen LogP contribution is 2.30. The van der Waals surface area contributed by atoms with Gasteiger partial charge in [-0.3, -0.25) is 4.79 Å². The average molecular weight is 303 g/mol. The molecule has 4 heteroatoms. The molecule has 0 radical (unpaired) electrons. The normalized spacial score (nSPS) is 10.5. The van der Waals surface area contributed by atoms with Crippen LogP contribution in [0.2, 0.25) is 0 Å². The van der Waals surface area contributed by atoms with Crippen LogP contribution < -0.4 is 5.73 Å². The summed E-state index contributed by atoms with van der Waals surface area (Å²) in [6, 6.07) is 3.83. The van der Waals surface area contributed by atoms with Crippen LogP contribution in [0.3, 0.4) is 0 Å². The van der Waals surface area contributed by atoms with Gasteiger partial charge in [-0.25, -0.2) is 0 Å². The molecule has 0 spiro atoms. The second kappa shape index (κ2) is 3.26. The summed E-state index contributed by atoms with van der Waals surface area (Å²) in [5.41, 5.74) is 7.20. The maximum atomic E-state index is 10.7. The number of nitrogen functional groups attached to an aromatic ring is 1. The number of benzene rings is 1. The number of fused-ring (bicyclic) bond motifs is 1. The summed E-state index contributed by atoms with van der Waals surface area (Å²) in [7, 11) is 0. The lowest BCUT2D eigenvalue weighted by molar-refractivity contribution is 0.112. The molecule has 0 aliphatic carbocycles. The standard InChI is InChI=1S/C9H6INOS/c10-7-2-9-6(1-5(7)3-12)8(11)4-13-9/h1-4H,11H2. The van der Waals surface area contributed by atoms with Crippen LogP contribution in [-0.2, 0) is 0 Å². The molecule has 0 bridgehead atoms. The van der Waals surface area contributed by atoms with Crippen LogP contribution in [0.5, 0.6) is 0 Å². The first kappa shape index (κ1) is 8.96. The Morgan fingerprint density at radius 2 is 2.23 bits per heavy atom. The van der Waals surface area contributed by atoms with E-state index in [2.05, 4.69) is 22.6 Å². The molecule has 0 atom stereocenters. The first-order valence-electron chi connectivity index (χ1n) is 3.64. The van der Waals surface area contributed by atoms with Crippen LogP contribution in [0.4, 0.5) is 5.69 Å². The van der Waals surface area contributed by atoms with E-state index in [0.717, 1.165) is 25.6 Å². The van der Waals surface area contributed by atoms with E-state index in [0.29, 0.717) is 5.56 Å². The zero-order chi connectivity index (χ0) is 9.42. The van der Waals surface area contributed by atoms with Crippen LogP contribution in [0, 0.1) is 3.57 Å². The first-order chi connectivity index (χ1) is 6.22. The lowest BCUT2D eigenvalue weighted by Gasteiger charge is -1.97. The molecule has 13 heavy (non-hydrogen) atoms. The van der Waals surface area contributed by atoms with Gasteiger partial charge in [0.25, 0.3) is 0 Å². The van der Waals surface area contributed by atoms with E-state index in [9.17, 15) is 4.79 Å². The van der Waals surface area contributed by atoms with Gasteiger partial charge in [-0.05, 0) is 34.7 Å². The van der Waals surface area contributed by atoms with Crippen molar-refractivity contribution in [1.29, 1.82) is 0 Å². The second-order valence-electron chi connectivity index (χ2n) is 2.68. The van der Waals surface area contributed by atoms with Gasteiger partial charge in [0.05, 0.1) is 5.69 Å². The quantitative estimate of drug-likeness (QED) is 0.650. The summed E-state index contributed by atoms with van der Waals surface area (Å²) < 4.78 is 2.11. The maximum absolute atomic E-state index is 10.7. The fourth-order valence-electron chi connectivity index (χ4n) is 1.18. The van der Waals surface area contributed by atoms with Gasteiger partial charge in [-0.1, -0.05) is 0 Å². The third kappa shape index (κ3) is 1.44. The molecule has 0 fully saturated rings. The van der Waals surface area contributed by atoms with Crippen molar-refractivity contribution in [2.24, 2.45) is 0 Å². The van der Waals surface area contributed by atoms with Gasteiger partial charge in [-0.15, -0.1) is 11.3 Å². The van der Waals surface area contributed by atoms with E-state index in [1.54, 1.807) is 11.3 Å². The summed E-state index contributed by atoms with van der Waals surface area (Å²) in [6.45, 7) is 0. The van der Waals surface area contributed by atoms with Crippen LogP contribution in [0.15, 0.2) is 17.5 Å². The minimum absolute atomic E-state index is 0.707. The minimum Gasteiger partial charge on any atom is -0.398 e. The van der Waals surface area contributed by atoms with Gasteiger partial charge in [-0.2, -0.15) is 0 Å². The largest absolute Gasteiger partial charge is 0.398 e. The zero-order valence-corrected chi connectivity index (χ0v) is 9.56.